The van der Waals surface area contributed by atoms with Crippen LogP contribution in [0.3, 0.4) is 0 Å². The molecule has 1 aliphatic carbocycles. The van der Waals surface area contributed by atoms with Gasteiger partial charge in [0.15, 0.2) is 5.13 Å². The highest BCUT2D eigenvalue weighted by atomic mass is 35.5. The molecule has 2 fully saturated rings. The van der Waals surface area contributed by atoms with E-state index in [2.05, 4.69) is 15.2 Å². The topological polar surface area (TPSA) is 65.5 Å². The molecule has 1 aromatic heterocycles. The van der Waals surface area contributed by atoms with Gasteiger partial charge in [0.05, 0.1) is 23.1 Å². The minimum Gasteiger partial charge on any atom is -0.392 e. The molecule has 5 rings (SSSR count). The van der Waals surface area contributed by atoms with Crippen molar-refractivity contribution < 1.29 is 23.1 Å². The van der Waals surface area contributed by atoms with Crippen molar-refractivity contribution >= 4 is 34.0 Å². The largest absolute Gasteiger partial charge is 0.416 e. The number of aromatic nitrogens is 1. The highest BCUT2D eigenvalue weighted by molar-refractivity contribution is 7.15. The molecule has 184 valence electrons. The quantitative estimate of drug-likeness (QED) is 0.440. The van der Waals surface area contributed by atoms with Gasteiger partial charge in [-0.2, -0.15) is 13.2 Å². The summed E-state index contributed by atoms with van der Waals surface area (Å²) >= 11 is 7.80. The normalized spacial score (nSPS) is 20.5. The summed E-state index contributed by atoms with van der Waals surface area (Å²) < 4.78 is 39.6. The Morgan fingerprint density at radius 1 is 1.23 bits per heavy atom. The first-order valence-electron chi connectivity index (χ1n) is 11.3. The maximum atomic E-state index is 13.2. The Hall–Kier alpha value is -2.46. The summed E-state index contributed by atoms with van der Waals surface area (Å²) in [6.07, 6.45) is -1.59. The molecule has 2 aliphatic rings. The molecule has 1 saturated carbocycles. The number of alkyl halides is 3. The van der Waals surface area contributed by atoms with Gasteiger partial charge in [0.1, 0.15) is 0 Å². The molecule has 35 heavy (non-hydrogen) atoms. The van der Waals surface area contributed by atoms with Gasteiger partial charge in [0.25, 0.3) is 0 Å². The standard InChI is InChI=1S/C25H23ClF3N3O2S/c26-19-7-2-1-6-18(19)21(32-11-8-17(33)14-32)20-13-30-23(35-20)31-22(34)24(9-10-24)15-4-3-5-16(12-15)25(27,28)29/h1-7,12-13,17,21,33H,8-11,14H2,(H,30,31,34)/t17-,21?/m1/s1. The van der Waals surface area contributed by atoms with E-state index < -0.39 is 23.3 Å². The Labute approximate surface area is 209 Å². The highest BCUT2D eigenvalue weighted by Gasteiger charge is 2.52. The molecule has 1 saturated heterocycles. The summed E-state index contributed by atoms with van der Waals surface area (Å²) in [4.78, 5) is 20.5. The van der Waals surface area contributed by atoms with Crippen molar-refractivity contribution in [3.8, 4) is 0 Å². The zero-order valence-corrected chi connectivity index (χ0v) is 20.1. The highest BCUT2D eigenvalue weighted by Crippen LogP contribution is 2.50. The molecule has 0 spiro atoms. The lowest BCUT2D eigenvalue weighted by molar-refractivity contribution is -0.137. The summed E-state index contributed by atoms with van der Waals surface area (Å²) in [5, 5.41) is 13.9. The summed E-state index contributed by atoms with van der Waals surface area (Å²) in [6.45, 7) is 1.18. The Morgan fingerprint density at radius 2 is 2.00 bits per heavy atom. The van der Waals surface area contributed by atoms with Crippen LogP contribution >= 0.6 is 22.9 Å². The average molecular weight is 522 g/mol. The van der Waals surface area contributed by atoms with Gasteiger partial charge in [-0.3, -0.25) is 9.69 Å². The van der Waals surface area contributed by atoms with Crippen molar-refractivity contribution in [2.45, 2.75) is 43.0 Å². The smallest absolute Gasteiger partial charge is 0.392 e. The monoisotopic (exact) mass is 521 g/mol. The van der Waals surface area contributed by atoms with E-state index in [0.29, 0.717) is 48.1 Å². The van der Waals surface area contributed by atoms with Crippen LogP contribution in [0.15, 0.2) is 54.7 Å². The number of amides is 1. The zero-order chi connectivity index (χ0) is 24.8. The molecule has 0 bridgehead atoms. The molecule has 2 atom stereocenters. The maximum Gasteiger partial charge on any atom is 0.416 e. The fourth-order valence-corrected chi connectivity index (χ4v) is 5.89. The van der Waals surface area contributed by atoms with Crippen LogP contribution in [-0.2, 0) is 16.4 Å². The van der Waals surface area contributed by atoms with Crippen molar-refractivity contribution in [3.05, 3.63) is 81.3 Å². The summed E-state index contributed by atoms with van der Waals surface area (Å²) in [6, 6.07) is 12.2. The van der Waals surface area contributed by atoms with Gasteiger partial charge < -0.3 is 10.4 Å². The number of β-amino-alcohol motifs (C(OH)–C–C–N with tert-alkyl or cyclic N) is 1. The second-order valence-electron chi connectivity index (χ2n) is 9.04. The van der Waals surface area contributed by atoms with Gasteiger partial charge in [0, 0.05) is 29.2 Å². The average Bonchev–Trinajstić information content (AvgIpc) is 3.35. The van der Waals surface area contributed by atoms with E-state index in [1.165, 1.54) is 17.4 Å². The van der Waals surface area contributed by atoms with Crippen LogP contribution in [0.2, 0.25) is 5.02 Å². The van der Waals surface area contributed by atoms with Gasteiger partial charge in [0.2, 0.25) is 5.91 Å². The predicted octanol–water partition coefficient (Wildman–Crippen LogP) is 5.64. The summed E-state index contributed by atoms with van der Waals surface area (Å²) in [5.74, 6) is -0.358. The van der Waals surface area contributed by atoms with E-state index >= 15 is 0 Å². The van der Waals surface area contributed by atoms with Gasteiger partial charge in [-0.25, -0.2) is 4.98 Å². The molecule has 2 heterocycles. The molecule has 1 unspecified atom stereocenters. The fraction of sp³-hybridized carbons (Fsp3) is 0.360. The number of carbonyl (C=O) groups excluding carboxylic acids is 1. The Kier molecular flexibility index (Phi) is 6.37. The van der Waals surface area contributed by atoms with Crippen molar-refractivity contribution in [2.24, 2.45) is 0 Å². The second kappa shape index (κ2) is 9.20. The van der Waals surface area contributed by atoms with Gasteiger partial charge in [-0.15, -0.1) is 0 Å². The number of likely N-dealkylation sites (tertiary alicyclic amines) is 1. The maximum absolute atomic E-state index is 13.2. The van der Waals surface area contributed by atoms with Crippen LogP contribution in [0.4, 0.5) is 18.3 Å². The number of anilines is 1. The number of nitrogens with zero attached hydrogens (tertiary/aromatic N) is 2. The lowest BCUT2D eigenvalue weighted by Gasteiger charge is -2.27. The molecular formula is C25H23ClF3N3O2S. The van der Waals surface area contributed by atoms with Crippen molar-refractivity contribution in [1.29, 1.82) is 0 Å². The van der Waals surface area contributed by atoms with Gasteiger partial charge in [-0.05, 0) is 42.5 Å². The molecule has 2 N–H and O–H groups in total. The fourth-order valence-electron chi connectivity index (χ4n) is 4.68. The van der Waals surface area contributed by atoms with E-state index in [0.717, 1.165) is 22.6 Å². The molecule has 2 aromatic carbocycles. The first-order chi connectivity index (χ1) is 16.7. The number of aliphatic hydroxyl groups excluding tert-OH is 1. The Morgan fingerprint density at radius 3 is 2.66 bits per heavy atom. The van der Waals surface area contributed by atoms with Crippen LogP contribution in [0, 0.1) is 0 Å². The van der Waals surface area contributed by atoms with E-state index in [1.54, 1.807) is 12.3 Å². The van der Waals surface area contributed by atoms with E-state index in [-0.39, 0.29) is 11.9 Å². The second-order valence-corrected chi connectivity index (χ2v) is 10.5. The minimum atomic E-state index is -4.47. The SMILES string of the molecule is O=C(Nc1ncc(C(c2ccccc2Cl)N2CC[C@@H](O)C2)s1)C1(c2cccc(C(F)(F)F)c2)CC1. The van der Waals surface area contributed by atoms with Crippen LogP contribution in [0.1, 0.15) is 46.9 Å². The third kappa shape index (κ3) is 4.82. The van der Waals surface area contributed by atoms with Crippen LogP contribution < -0.4 is 5.32 Å². The number of nitrogens with one attached hydrogen (secondary N) is 1. The Bertz CT molecular complexity index is 1240. The molecular weight excluding hydrogens is 499 g/mol. The van der Waals surface area contributed by atoms with Crippen molar-refractivity contribution in [3.63, 3.8) is 0 Å². The first kappa shape index (κ1) is 24.2. The number of halogens is 4. The zero-order valence-electron chi connectivity index (χ0n) is 18.6. The van der Waals surface area contributed by atoms with E-state index in [4.69, 9.17) is 11.6 Å². The van der Waals surface area contributed by atoms with Crippen molar-refractivity contribution in [1.82, 2.24) is 9.88 Å². The molecule has 1 aliphatic heterocycles. The minimum absolute atomic E-state index is 0.234. The number of hydrogen-bond donors (Lipinski definition) is 2. The van der Waals surface area contributed by atoms with Gasteiger partial charge in [-0.1, -0.05) is 59.3 Å². The lowest BCUT2D eigenvalue weighted by Crippen LogP contribution is -2.28. The molecule has 1 amide bonds. The summed E-state index contributed by atoms with van der Waals surface area (Å²) in [7, 11) is 0. The summed E-state index contributed by atoms with van der Waals surface area (Å²) in [5.41, 5.74) is -0.496. The third-order valence-corrected chi connectivity index (χ3v) is 8.01. The predicted molar refractivity (Wildman–Crippen MR) is 129 cm³/mol. The first-order valence-corrected chi connectivity index (χ1v) is 12.5. The van der Waals surface area contributed by atoms with E-state index in [9.17, 15) is 23.1 Å². The number of aliphatic hydroxyl groups is 1. The van der Waals surface area contributed by atoms with E-state index in [1.807, 2.05) is 24.3 Å². The molecule has 5 nitrogen and oxygen atoms in total. The Balaban J connectivity index is 1.39. The number of thiazole rings is 1. The number of rotatable bonds is 6. The third-order valence-electron chi connectivity index (χ3n) is 6.70. The molecule has 10 heteroatoms. The number of benzene rings is 2. The van der Waals surface area contributed by atoms with Crippen LogP contribution in [-0.4, -0.2) is 40.1 Å². The van der Waals surface area contributed by atoms with Gasteiger partial charge >= 0.3 is 6.18 Å². The lowest BCUT2D eigenvalue weighted by atomic mass is 9.93. The number of carbonyl (C=O) groups is 1. The van der Waals surface area contributed by atoms with Crippen LogP contribution in [0.5, 0.6) is 0 Å². The molecule has 3 aromatic rings. The number of hydrogen-bond acceptors (Lipinski definition) is 5. The van der Waals surface area contributed by atoms with Crippen molar-refractivity contribution in [2.75, 3.05) is 18.4 Å². The van der Waals surface area contributed by atoms with Crippen LogP contribution in [0.25, 0.3) is 0 Å². The molecule has 0 radical (unpaired) electrons.